The number of benzene rings is 2. The number of amides is 2. The van der Waals surface area contributed by atoms with Gasteiger partial charge in [0.1, 0.15) is 18.4 Å². The first-order valence-electron chi connectivity index (χ1n) is 12.0. The van der Waals surface area contributed by atoms with E-state index in [4.69, 9.17) is 0 Å². The highest BCUT2D eigenvalue weighted by atomic mass is 32.2. The fraction of sp³-hybridized carbons (Fsp3) is 0.462. The van der Waals surface area contributed by atoms with Crippen molar-refractivity contribution in [3.63, 3.8) is 0 Å². The number of anilines is 1. The molecule has 0 heterocycles. The second-order valence-corrected chi connectivity index (χ2v) is 11.0. The van der Waals surface area contributed by atoms with Crippen molar-refractivity contribution in [2.24, 2.45) is 0 Å². The summed E-state index contributed by atoms with van der Waals surface area (Å²) in [5.41, 5.74) is 1.19. The number of rotatable bonds is 10. The van der Waals surface area contributed by atoms with Crippen LogP contribution in [0.5, 0.6) is 0 Å². The van der Waals surface area contributed by atoms with Crippen LogP contribution in [0.4, 0.5) is 10.1 Å². The van der Waals surface area contributed by atoms with Crippen LogP contribution in [0.1, 0.15) is 44.6 Å². The van der Waals surface area contributed by atoms with Crippen molar-refractivity contribution in [2.75, 3.05) is 23.7 Å². The fourth-order valence-corrected chi connectivity index (χ4v) is 5.21. The Morgan fingerprint density at radius 1 is 1.03 bits per heavy atom. The third-order valence-electron chi connectivity index (χ3n) is 6.40. The molecule has 2 aromatic rings. The van der Waals surface area contributed by atoms with Gasteiger partial charge in [0.05, 0.1) is 11.9 Å². The Morgan fingerprint density at radius 2 is 1.66 bits per heavy atom. The minimum atomic E-state index is -3.83. The Morgan fingerprint density at radius 3 is 2.26 bits per heavy atom. The first-order chi connectivity index (χ1) is 16.6. The van der Waals surface area contributed by atoms with E-state index in [1.54, 1.807) is 6.92 Å². The first-order valence-corrected chi connectivity index (χ1v) is 13.9. The molecular formula is C26H34FN3O4S. The summed E-state index contributed by atoms with van der Waals surface area (Å²) in [6.45, 7) is 1.44. The van der Waals surface area contributed by atoms with E-state index in [9.17, 15) is 22.4 Å². The summed E-state index contributed by atoms with van der Waals surface area (Å²) in [6.07, 6.45) is 6.65. The molecule has 2 amide bonds. The van der Waals surface area contributed by atoms with Gasteiger partial charge in [-0.25, -0.2) is 12.8 Å². The molecule has 0 aromatic heterocycles. The molecular weight excluding hydrogens is 469 g/mol. The molecule has 1 saturated carbocycles. The second kappa shape index (κ2) is 12.2. The predicted molar refractivity (Wildman–Crippen MR) is 135 cm³/mol. The Hall–Kier alpha value is -2.94. The lowest BCUT2D eigenvalue weighted by Crippen LogP contribution is -2.53. The number of carbonyl (C=O) groups excluding carboxylic acids is 2. The molecule has 0 bridgehead atoms. The van der Waals surface area contributed by atoms with Crippen molar-refractivity contribution < 1.29 is 22.4 Å². The number of hydrogen-bond donors (Lipinski definition) is 1. The van der Waals surface area contributed by atoms with Gasteiger partial charge in [0, 0.05) is 12.6 Å². The van der Waals surface area contributed by atoms with Gasteiger partial charge in [-0.2, -0.15) is 0 Å². The summed E-state index contributed by atoms with van der Waals surface area (Å²) in [5, 5.41) is 3.07. The zero-order valence-corrected chi connectivity index (χ0v) is 21.1. The number of sulfonamides is 1. The summed E-state index contributed by atoms with van der Waals surface area (Å²) < 4.78 is 39.3. The van der Waals surface area contributed by atoms with Gasteiger partial charge in [-0.05, 0) is 56.0 Å². The highest BCUT2D eigenvalue weighted by Crippen LogP contribution is 2.20. The third-order valence-corrected chi connectivity index (χ3v) is 7.54. The summed E-state index contributed by atoms with van der Waals surface area (Å²) in [7, 11) is -3.83. The standard InChI is InChI=1S/C26H34FN3O4S/c1-20(26(32)28-23-11-7-4-8-12-23)29(18-17-21-9-5-3-6-10-21)25(31)19-30(35(2,33)34)24-15-13-22(27)14-16-24/h3,5-6,9-10,13-16,20,23H,4,7-8,11-12,17-19H2,1-2H3,(H,28,32). The van der Waals surface area contributed by atoms with E-state index in [-0.39, 0.29) is 24.2 Å². The quantitative estimate of drug-likeness (QED) is 0.538. The lowest BCUT2D eigenvalue weighted by Gasteiger charge is -2.33. The molecule has 0 radical (unpaired) electrons. The summed E-state index contributed by atoms with van der Waals surface area (Å²) in [6, 6.07) is 13.8. The molecule has 190 valence electrons. The third kappa shape index (κ3) is 7.78. The molecule has 1 aliphatic carbocycles. The summed E-state index contributed by atoms with van der Waals surface area (Å²) in [4.78, 5) is 28.0. The number of nitrogens with zero attached hydrogens (tertiary/aromatic N) is 2. The van der Waals surface area contributed by atoms with Gasteiger partial charge in [-0.1, -0.05) is 49.6 Å². The van der Waals surface area contributed by atoms with E-state index in [2.05, 4.69) is 5.32 Å². The lowest BCUT2D eigenvalue weighted by atomic mass is 9.95. The molecule has 9 heteroatoms. The van der Waals surface area contributed by atoms with Crippen molar-refractivity contribution in [3.05, 3.63) is 66.0 Å². The van der Waals surface area contributed by atoms with E-state index < -0.39 is 34.3 Å². The molecule has 0 spiro atoms. The monoisotopic (exact) mass is 503 g/mol. The van der Waals surface area contributed by atoms with Crippen LogP contribution in [0.15, 0.2) is 54.6 Å². The topological polar surface area (TPSA) is 86.8 Å². The molecule has 0 aliphatic heterocycles. The molecule has 1 N–H and O–H groups in total. The van der Waals surface area contributed by atoms with E-state index >= 15 is 0 Å². The number of halogens is 1. The molecule has 1 fully saturated rings. The van der Waals surface area contributed by atoms with Crippen LogP contribution in [0.25, 0.3) is 0 Å². The maximum atomic E-state index is 13.5. The van der Waals surface area contributed by atoms with Crippen LogP contribution < -0.4 is 9.62 Å². The summed E-state index contributed by atoms with van der Waals surface area (Å²) >= 11 is 0. The van der Waals surface area contributed by atoms with E-state index in [1.165, 1.54) is 17.0 Å². The largest absolute Gasteiger partial charge is 0.352 e. The normalized spacial score (nSPS) is 15.3. The SMILES string of the molecule is CC(C(=O)NC1CCCCC1)N(CCc1ccccc1)C(=O)CN(c1ccc(F)cc1)S(C)(=O)=O. The maximum absolute atomic E-state index is 13.5. The van der Waals surface area contributed by atoms with E-state index in [0.29, 0.717) is 6.42 Å². The number of hydrogen-bond acceptors (Lipinski definition) is 4. The molecule has 7 nitrogen and oxygen atoms in total. The molecule has 1 aliphatic rings. The van der Waals surface area contributed by atoms with Crippen molar-refractivity contribution in [2.45, 2.75) is 57.5 Å². The number of carbonyl (C=O) groups is 2. The van der Waals surface area contributed by atoms with Gasteiger partial charge in [0.2, 0.25) is 21.8 Å². The van der Waals surface area contributed by atoms with Crippen molar-refractivity contribution in [1.29, 1.82) is 0 Å². The Bertz CT molecular complexity index is 1090. The highest BCUT2D eigenvalue weighted by molar-refractivity contribution is 7.92. The van der Waals surface area contributed by atoms with Gasteiger partial charge in [-0.15, -0.1) is 0 Å². The van der Waals surface area contributed by atoms with Crippen LogP contribution in [0, 0.1) is 5.82 Å². The van der Waals surface area contributed by atoms with Gasteiger partial charge >= 0.3 is 0 Å². The minimum Gasteiger partial charge on any atom is -0.352 e. The zero-order chi connectivity index (χ0) is 25.4. The Labute approximate surface area is 207 Å². The predicted octanol–water partition coefficient (Wildman–Crippen LogP) is 3.50. The van der Waals surface area contributed by atoms with Crippen molar-refractivity contribution in [1.82, 2.24) is 10.2 Å². The van der Waals surface area contributed by atoms with Crippen LogP contribution >= 0.6 is 0 Å². The summed E-state index contributed by atoms with van der Waals surface area (Å²) in [5.74, 6) is -1.25. The molecule has 35 heavy (non-hydrogen) atoms. The Kier molecular flexibility index (Phi) is 9.26. The molecule has 3 rings (SSSR count). The Balaban J connectivity index is 1.80. The fourth-order valence-electron chi connectivity index (χ4n) is 4.36. The van der Waals surface area contributed by atoms with E-state index in [1.807, 2.05) is 30.3 Å². The second-order valence-electron chi connectivity index (χ2n) is 9.09. The van der Waals surface area contributed by atoms with Gasteiger partial charge < -0.3 is 10.2 Å². The zero-order valence-electron chi connectivity index (χ0n) is 20.3. The van der Waals surface area contributed by atoms with E-state index in [0.717, 1.165) is 60.4 Å². The first kappa shape index (κ1) is 26.7. The highest BCUT2D eigenvalue weighted by Gasteiger charge is 2.30. The maximum Gasteiger partial charge on any atom is 0.244 e. The van der Waals surface area contributed by atoms with Crippen LogP contribution in [0.3, 0.4) is 0 Å². The lowest BCUT2D eigenvalue weighted by molar-refractivity contribution is -0.139. The van der Waals surface area contributed by atoms with Crippen molar-refractivity contribution in [3.8, 4) is 0 Å². The van der Waals surface area contributed by atoms with Crippen molar-refractivity contribution >= 4 is 27.5 Å². The molecule has 1 unspecified atom stereocenters. The smallest absolute Gasteiger partial charge is 0.244 e. The average Bonchev–Trinajstić information content (AvgIpc) is 2.84. The number of nitrogens with one attached hydrogen (secondary N) is 1. The van der Waals surface area contributed by atoms with Crippen LogP contribution in [-0.2, 0) is 26.0 Å². The molecule has 2 aromatic carbocycles. The van der Waals surface area contributed by atoms with Gasteiger partial charge in [0.25, 0.3) is 0 Å². The minimum absolute atomic E-state index is 0.0940. The molecule has 0 saturated heterocycles. The van der Waals surface area contributed by atoms with Crippen LogP contribution in [-0.4, -0.2) is 56.6 Å². The van der Waals surface area contributed by atoms with Gasteiger partial charge in [0.15, 0.2) is 0 Å². The van der Waals surface area contributed by atoms with Gasteiger partial charge in [-0.3, -0.25) is 13.9 Å². The average molecular weight is 504 g/mol. The molecule has 1 atom stereocenters. The van der Waals surface area contributed by atoms with Crippen LogP contribution in [0.2, 0.25) is 0 Å².